The van der Waals surface area contributed by atoms with E-state index in [0.717, 1.165) is 34.4 Å². The summed E-state index contributed by atoms with van der Waals surface area (Å²) in [6.07, 6.45) is -8.83. The molecule has 43 heavy (non-hydrogen) atoms. The number of phosphoric ester groups is 1. The van der Waals surface area contributed by atoms with E-state index < -0.39 is 88.5 Å². The molecule has 6 unspecified atom stereocenters. The standard InChI is InChI=1S/C20H20F2N8O11P2/c21-9-13-7(39-19(9)29-5-27-11-15(29)23-3-25-17(11)31)1-37-42(33,34)14-8(2-38-43(35,36)41-13)40-20(10(14)22)30-6-28-12-16(30)24-4-26-18(12)32/h3-10,13-14,19-20H,1-2H2,(H,33,34)(H,35,36)(H,23,25,31)(H,24,26,32)/t7?,8?,9-,10-,13-,14-,19?,20?/m1/s1. The van der Waals surface area contributed by atoms with E-state index in [-0.39, 0.29) is 22.3 Å². The van der Waals surface area contributed by atoms with Gasteiger partial charge in [0, 0.05) is 0 Å². The Bertz CT molecular complexity index is 1930. The van der Waals surface area contributed by atoms with Gasteiger partial charge in [0.1, 0.15) is 24.0 Å². The third kappa shape index (κ3) is 4.68. The minimum absolute atomic E-state index is 0.0881. The van der Waals surface area contributed by atoms with Gasteiger partial charge in [-0.25, -0.2) is 33.3 Å². The molecule has 3 aliphatic heterocycles. The third-order valence-corrected chi connectivity index (χ3v) is 10.2. The first-order chi connectivity index (χ1) is 20.4. The molecule has 10 atom stereocenters. The van der Waals surface area contributed by atoms with Crippen LogP contribution in [0.15, 0.2) is 34.9 Å². The van der Waals surface area contributed by atoms with E-state index in [1.807, 2.05) is 0 Å². The number of alkyl halides is 2. The van der Waals surface area contributed by atoms with Gasteiger partial charge in [0.2, 0.25) is 0 Å². The molecule has 0 spiro atoms. The number of phosphoric acid groups is 1. The molecule has 0 bridgehead atoms. The zero-order valence-corrected chi connectivity index (χ0v) is 23.0. The number of fused-ring (bicyclic) bond motifs is 4. The van der Waals surface area contributed by atoms with Crippen LogP contribution in [0.2, 0.25) is 0 Å². The largest absolute Gasteiger partial charge is 0.472 e. The molecular formula is C20H20F2N8O11P2. The highest BCUT2D eigenvalue weighted by Gasteiger charge is 2.58. The van der Waals surface area contributed by atoms with E-state index in [1.54, 1.807) is 0 Å². The number of nitrogens with zero attached hydrogens (tertiary/aromatic N) is 6. The van der Waals surface area contributed by atoms with E-state index in [1.165, 1.54) is 0 Å². The highest BCUT2D eigenvalue weighted by atomic mass is 31.2. The second kappa shape index (κ2) is 10.1. The molecule has 230 valence electrons. The number of ether oxygens (including phenoxy) is 2. The Balaban J connectivity index is 1.20. The maximum absolute atomic E-state index is 16.0. The molecule has 23 heteroatoms. The molecule has 4 N–H and O–H groups in total. The SMILES string of the molecule is O=c1[nH]cnc2c1ncn2C1OC2COP(=O)(O)[C@@H]3C(COP(=O)(O)O[C@H]2[C@H]1F)OC(n1cnc2c(=O)[nH]cnc21)[C@@H]3F. The van der Waals surface area contributed by atoms with Gasteiger partial charge < -0.3 is 33.8 Å². The molecule has 7 heterocycles. The molecular weight excluding hydrogens is 628 g/mol. The van der Waals surface area contributed by atoms with Crippen molar-refractivity contribution in [3.63, 3.8) is 0 Å². The van der Waals surface area contributed by atoms with Crippen molar-refractivity contribution in [1.29, 1.82) is 0 Å². The highest BCUT2D eigenvalue weighted by Crippen LogP contribution is 2.59. The highest BCUT2D eigenvalue weighted by molar-refractivity contribution is 7.53. The van der Waals surface area contributed by atoms with E-state index in [4.69, 9.17) is 23.0 Å². The zero-order valence-electron chi connectivity index (χ0n) is 21.2. The Hall–Kier alpha value is -3.26. The van der Waals surface area contributed by atoms with Crippen molar-refractivity contribution in [1.82, 2.24) is 39.0 Å². The van der Waals surface area contributed by atoms with Crippen LogP contribution < -0.4 is 11.1 Å². The Morgan fingerprint density at radius 2 is 1.35 bits per heavy atom. The molecule has 4 aromatic rings. The van der Waals surface area contributed by atoms with Gasteiger partial charge in [-0.2, -0.15) is 0 Å². The van der Waals surface area contributed by atoms with Crippen molar-refractivity contribution in [3.05, 3.63) is 46.0 Å². The first kappa shape index (κ1) is 28.5. The van der Waals surface area contributed by atoms with Crippen molar-refractivity contribution >= 4 is 37.7 Å². The van der Waals surface area contributed by atoms with E-state index in [0.29, 0.717) is 0 Å². The summed E-state index contributed by atoms with van der Waals surface area (Å²) in [5, 5.41) is 0. The number of hydrogen-bond acceptors (Lipinski definition) is 13. The normalized spacial score (nSPS) is 38.6. The van der Waals surface area contributed by atoms with Crippen LogP contribution in [0.3, 0.4) is 0 Å². The average Bonchev–Trinajstić information content (AvgIpc) is 3.71. The van der Waals surface area contributed by atoms with Crippen LogP contribution in [0.4, 0.5) is 8.78 Å². The fourth-order valence-electron chi connectivity index (χ4n) is 5.35. The van der Waals surface area contributed by atoms with Crippen LogP contribution in [-0.2, 0) is 32.2 Å². The molecule has 0 amide bonds. The quantitative estimate of drug-likeness (QED) is 0.206. The van der Waals surface area contributed by atoms with Gasteiger partial charge in [0.25, 0.3) is 11.1 Å². The third-order valence-electron chi connectivity index (χ3n) is 7.30. The predicted octanol–water partition coefficient (Wildman–Crippen LogP) is -0.190. The van der Waals surface area contributed by atoms with E-state index in [2.05, 4.69) is 29.9 Å². The van der Waals surface area contributed by atoms with Crippen molar-refractivity contribution in [2.24, 2.45) is 0 Å². The van der Waals surface area contributed by atoms with Crippen LogP contribution in [0.25, 0.3) is 22.3 Å². The lowest BCUT2D eigenvalue weighted by Crippen LogP contribution is -2.34. The molecule has 3 fully saturated rings. The molecule has 0 radical (unpaired) electrons. The summed E-state index contributed by atoms with van der Waals surface area (Å²) in [5.41, 5.74) is -3.75. The van der Waals surface area contributed by atoms with Crippen molar-refractivity contribution in [3.8, 4) is 0 Å². The molecule has 0 aliphatic carbocycles. The minimum Gasteiger partial charge on any atom is -0.348 e. The van der Waals surface area contributed by atoms with Crippen molar-refractivity contribution in [2.45, 2.75) is 48.8 Å². The number of aromatic nitrogens is 8. The predicted molar refractivity (Wildman–Crippen MR) is 134 cm³/mol. The summed E-state index contributed by atoms with van der Waals surface area (Å²) < 4.78 is 86.7. The van der Waals surface area contributed by atoms with Gasteiger partial charge in [-0.3, -0.25) is 32.3 Å². The maximum atomic E-state index is 16.0. The first-order valence-electron chi connectivity index (χ1n) is 12.5. The molecule has 19 nitrogen and oxygen atoms in total. The summed E-state index contributed by atoms with van der Waals surface area (Å²) in [4.78, 5) is 65.7. The van der Waals surface area contributed by atoms with Crippen molar-refractivity contribution < 1.29 is 50.7 Å². The Morgan fingerprint density at radius 1 is 0.814 bits per heavy atom. The van der Waals surface area contributed by atoms with Gasteiger partial charge in [0.05, 0.1) is 38.5 Å². The molecule has 3 aliphatic rings. The van der Waals surface area contributed by atoms with Crippen LogP contribution in [0.1, 0.15) is 12.5 Å². The molecule has 0 aromatic carbocycles. The number of H-pyrrole nitrogens is 2. The monoisotopic (exact) mass is 648 g/mol. The van der Waals surface area contributed by atoms with E-state index in [9.17, 15) is 28.5 Å². The maximum Gasteiger partial charge on any atom is 0.472 e. The fraction of sp³-hybridized carbons (Fsp3) is 0.500. The number of halogens is 2. The van der Waals surface area contributed by atoms with Gasteiger partial charge in [0.15, 0.2) is 47.1 Å². The minimum atomic E-state index is -5.15. The lowest BCUT2D eigenvalue weighted by Gasteiger charge is -2.24. The second-order valence-corrected chi connectivity index (χ2v) is 13.2. The fourth-order valence-corrected chi connectivity index (χ4v) is 7.92. The zero-order chi connectivity index (χ0) is 30.3. The summed E-state index contributed by atoms with van der Waals surface area (Å²) >= 11 is 0. The molecule has 4 aromatic heterocycles. The van der Waals surface area contributed by atoms with Gasteiger partial charge in [-0.15, -0.1) is 0 Å². The van der Waals surface area contributed by atoms with Gasteiger partial charge in [-0.1, -0.05) is 0 Å². The van der Waals surface area contributed by atoms with Gasteiger partial charge in [-0.05, 0) is 0 Å². The Morgan fingerprint density at radius 3 is 1.95 bits per heavy atom. The van der Waals surface area contributed by atoms with Crippen LogP contribution in [0.5, 0.6) is 0 Å². The number of imidazole rings is 2. The first-order valence-corrected chi connectivity index (χ1v) is 15.6. The topological polar surface area (TPSA) is 248 Å². The Labute approximate surface area is 235 Å². The van der Waals surface area contributed by atoms with Crippen LogP contribution in [0, 0.1) is 0 Å². The smallest absolute Gasteiger partial charge is 0.348 e. The summed E-state index contributed by atoms with van der Waals surface area (Å²) in [7, 11) is -10.2. The van der Waals surface area contributed by atoms with Crippen LogP contribution >= 0.6 is 15.4 Å². The Kier molecular flexibility index (Phi) is 6.73. The number of hydrogen-bond donors (Lipinski definition) is 4. The second-order valence-electron chi connectivity index (χ2n) is 9.82. The van der Waals surface area contributed by atoms with E-state index >= 15 is 8.78 Å². The average molecular weight is 648 g/mol. The number of rotatable bonds is 2. The van der Waals surface area contributed by atoms with Crippen molar-refractivity contribution in [2.75, 3.05) is 13.2 Å². The lowest BCUT2D eigenvalue weighted by molar-refractivity contribution is -0.0460. The summed E-state index contributed by atoms with van der Waals surface area (Å²) in [6.45, 7) is -1.86. The van der Waals surface area contributed by atoms with Crippen LogP contribution in [-0.4, -0.2) is 98.4 Å². The number of nitrogens with one attached hydrogen (secondary N) is 2. The molecule has 7 rings (SSSR count). The molecule has 0 saturated carbocycles. The van der Waals surface area contributed by atoms with Gasteiger partial charge >= 0.3 is 15.4 Å². The number of aromatic amines is 2. The summed E-state index contributed by atoms with van der Waals surface area (Å²) in [6, 6.07) is 0. The lowest BCUT2D eigenvalue weighted by atomic mass is 10.1. The summed E-state index contributed by atoms with van der Waals surface area (Å²) in [5.74, 6) is 0. The molecule has 3 saturated heterocycles.